The van der Waals surface area contributed by atoms with Gasteiger partial charge < -0.3 is 10.6 Å². The average molecular weight is 399 g/mol. The number of anilines is 1. The molecule has 1 aromatic carbocycles. The minimum atomic E-state index is -2.50. The van der Waals surface area contributed by atoms with Crippen molar-refractivity contribution in [1.29, 1.82) is 0 Å². The molecule has 0 radical (unpaired) electrons. The topological polar surface area (TPSA) is 71.8 Å². The number of amides is 1. The summed E-state index contributed by atoms with van der Waals surface area (Å²) in [5, 5.41) is 13.9. The Bertz CT molecular complexity index is 808. The quantitative estimate of drug-likeness (QED) is 0.730. The molecule has 1 aromatic heterocycles. The molecular weight excluding hydrogens is 379 g/mol. The lowest BCUT2D eigenvalue weighted by Crippen LogP contribution is -2.30. The van der Waals surface area contributed by atoms with Gasteiger partial charge in [-0.2, -0.15) is 0 Å². The average Bonchev–Trinajstić information content (AvgIpc) is 3.03. The van der Waals surface area contributed by atoms with Crippen LogP contribution in [0.2, 0.25) is 0 Å². The maximum absolute atomic E-state index is 13.6. The van der Waals surface area contributed by atoms with E-state index in [1.807, 2.05) is 0 Å². The number of hydrogen-bond donors (Lipinski definition) is 2. The van der Waals surface area contributed by atoms with Crippen molar-refractivity contribution in [2.24, 2.45) is 0 Å². The van der Waals surface area contributed by atoms with E-state index in [4.69, 9.17) is 0 Å². The number of piperidine rings is 1. The number of carbonyl (C=O) groups excluding carboxylic acids is 1. The van der Waals surface area contributed by atoms with Crippen molar-refractivity contribution in [1.82, 2.24) is 20.3 Å². The largest absolute Gasteiger partial charge is 0.319 e. The first kappa shape index (κ1) is 19.7. The lowest BCUT2D eigenvalue weighted by molar-refractivity contribution is 0.102. The van der Waals surface area contributed by atoms with E-state index in [1.165, 1.54) is 12.1 Å². The summed E-state index contributed by atoms with van der Waals surface area (Å²) in [5.74, 6) is -1.56. The van der Waals surface area contributed by atoms with E-state index in [0.29, 0.717) is 10.6 Å². The van der Waals surface area contributed by atoms with Crippen LogP contribution in [0.3, 0.4) is 0 Å². The molecule has 0 saturated carbocycles. The highest BCUT2D eigenvalue weighted by atomic mass is 32.2. The molecule has 1 saturated heterocycles. The van der Waals surface area contributed by atoms with E-state index in [-0.39, 0.29) is 17.4 Å². The van der Waals surface area contributed by atoms with Gasteiger partial charge in [0.25, 0.3) is 5.91 Å². The third kappa shape index (κ3) is 4.81. The minimum absolute atomic E-state index is 0.140. The number of alkyl halides is 2. The highest BCUT2D eigenvalue weighted by Crippen LogP contribution is 2.30. The van der Waals surface area contributed by atoms with Crippen LogP contribution in [0.5, 0.6) is 0 Å². The number of nitrogens with zero attached hydrogens (tertiary/aromatic N) is 3. The first-order valence-electron chi connectivity index (χ1n) is 8.60. The third-order valence-electron chi connectivity index (χ3n) is 4.35. The Kier molecular flexibility index (Phi) is 6.38. The van der Waals surface area contributed by atoms with Gasteiger partial charge in [-0.3, -0.25) is 4.79 Å². The Labute approximate surface area is 158 Å². The van der Waals surface area contributed by atoms with Gasteiger partial charge in [-0.15, -0.1) is 16.9 Å². The molecule has 1 aliphatic heterocycles. The van der Waals surface area contributed by atoms with Gasteiger partial charge in [-0.25, -0.2) is 17.9 Å². The number of aromatic nitrogens is 3. The number of thioether (sulfide) groups is 1. The molecule has 1 aliphatic rings. The van der Waals surface area contributed by atoms with Crippen LogP contribution < -0.4 is 10.6 Å². The predicted molar refractivity (Wildman–Crippen MR) is 97.0 cm³/mol. The molecule has 1 amide bonds. The van der Waals surface area contributed by atoms with Crippen molar-refractivity contribution in [2.75, 3.05) is 24.2 Å². The van der Waals surface area contributed by atoms with E-state index in [2.05, 4.69) is 20.9 Å². The molecule has 27 heavy (non-hydrogen) atoms. The molecule has 2 N–H and O–H groups in total. The maximum atomic E-state index is 13.6. The first-order valence-corrected chi connectivity index (χ1v) is 9.58. The number of nitrogens with one attached hydrogen (secondary N) is 2. The number of hydrogen-bond acceptors (Lipinski definition) is 5. The summed E-state index contributed by atoms with van der Waals surface area (Å²) in [6, 6.07) is 3.82. The molecule has 0 aliphatic carbocycles. The molecule has 1 fully saturated rings. The second-order valence-corrected chi connectivity index (χ2v) is 7.31. The fraction of sp³-hybridized carbons (Fsp3) is 0.471. The van der Waals surface area contributed by atoms with Gasteiger partial charge in [0.2, 0.25) is 6.43 Å². The molecule has 0 spiro atoms. The van der Waals surface area contributed by atoms with Crippen molar-refractivity contribution >= 4 is 23.4 Å². The number of benzene rings is 1. The van der Waals surface area contributed by atoms with E-state index in [1.54, 1.807) is 11.6 Å². The van der Waals surface area contributed by atoms with Crippen LogP contribution in [0.15, 0.2) is 23.1 Å². The predicted octanol–water partition coefficient (Wildman–Crippen LogP) is 3.26. The van der Waals surface area contributed by atoms with Crippen molar-refractivity contribution in [3.63, 3.8) is 0 Å². The Morgan fingerprint density at radius 3 is 2.85 bits per heavy atom. The van der Waals surface area contributed by atoms with Crippen LogP contribution in [0.1, 0.15) is 35.1 Å². The highest BCUT2D eigenvalue weighted by Gasteiger charge is 2.23. The summed E-state index contributed by atoms with van der Waals surface area (Å²) in [5.41, 5.74) is 0.904. The monoisotopic (exact) mass is 399 g/mol. The second kappa shape index (κ2) is 8.75. The van der Waals surface area contributed by atoms with E-state index < -0.39 is 23.9 Å². The molecule has 0 bridgehead atoms. The number of halogens is 3. The zero-order valence-corrected chi connectivity index (χ0v) is 15.5. The van der Waals surface area contributed by atoms with Gasteiger partial charge in [0.05, 0.1) is 23.2 Å². The van der Waals surface area contributed by atoms with Gasteiger partial charge in [0.1, 0.15) is 5.82 Å². The Morgan fingerprint density at radius 2 is 2.15 bits per heavy atom. The summed E-state index contributed by atoms with van der Waals surface area (Å²) in [6.45, 7) is 3.51. The smallest absolute Gasteiger partial charge is 0.278 e. The Morgan fingerprint density at radius 1 is 1.41 bits per heavy atom. The summed E-state index contributed by atoms with van der Waals surface area (Å²) in [6.07, 6.45) is -0.719. The maximum Gasteiger partial charge on any atom is 0.278 e. The molecule has 10 heteroatoms. The molecule has 0 atom stereocenters. The van der Waals surface area contributed by atoms with Crippen LogP contribution in [0.25, 0.3) is 0 Å². The number of rotatable bonds is 6. The van der Waals surface area contributed by atoms with Crippen molar-refractivity contribution in [3.8, 4) is 0 Å². The van der Waals surface area contributed by atoms with Crippen LogP contribution >= 0.6 is 11.8 Å². The standard InChI is InChI=1S/C17H20F3N5OS/c1-10-16(23-24-25(10)12-4-6-21-7-5-12)17(26)22-13-8-11(18)2-3-14(13)27-9-15(19)20/h2-3,8,12,15,21H,4-7,9H2,1H3,(H,22,26). The van der Waals surface area contributed by atoms with Gasteiger partial charge in [0, 0.05) is 4.90 Å². The van der Waals surface area contributed by atoms with E-state index in [0.717, 1.165) is 43.8 Å². The van der Waals surface area contributed by atoms with Gasteiger partial charge >= 0.3 is 0 Å². The third-order valence-corrected chi connectivity index (χ3v) is 5.44. The van der Waals surface area contributed by atoms with Gasteiger partial charge in [-0.1, -0.05) is 5.21 Å². The van der Waals surface area contributed by atoms with Gasteiger partial charge in [-0.05, 0) is 51.1 Å². The van der Waals surface area contributed by atoms with Gasteiger partial charge in [0.15, 0.2) is 5.69 Å². The molecule has 146 valence electrons. The van der Waals surface area contributed by atoms with Crippen LogP contribution in [0, 0.1) is 12.7 Å². The van der Waals surface area contributed by atoms with Crippen molar-refractivity contribution in [3.05, 3.63) is 35.4 Å². The SMILES string of the molecule is Cc1c(C(=O)Nc2cc(F)ccc2SCC(F)F)nnn1C1CCNCC1. The van der Waals surface area contributed by atoms with Crippen LogP contribution in [0.4, 0.5) is 18.9 Å². The first-order chi connectivity index (χ1) is 13.0. The normalized spacial score (nSPS) is 15.3. The molecule has 0 unspecified atom stereocenters. The van der Waals surface area contributed by atoms with Crippen molar-refractivity contribution < 1.29 is 18.0 Å². The minimum Gasteiger partial charge on any atom is -0.319 e. The lowest BCUT2D eigenvalue weighted by atomic mass is 10.1. The summed E-state index contributed by atoms with van der Waals surface area (Å²) in [4.78, 5) is 13.0. The fourth-order valence-electron chi connectivity index (χ4n) is 3.01. The zero-order chi connectivity index (χ0) is 19.4. The van der Waals surface area contributed by atoms with E-state index >= 15 is 0 Å². The van der Waals surface area contributed by atoms with Crippen LogP contribution in [-0.4, -0.2) is 46.2 Å². The lowest BCUT2D eigenvalue weighted by Gasteiger charge is -2.23. The second-order valence-electron chi connectivity index (χ2n) is 6.25. The summed E-state index contributed by atoms with van der Waals surface area (Å²) in [7, 11) is 0. The highest BCUT2D eigenvalue weighted by molar-refractivity contribution is 7.99. The molecule has 2 heterocycles. The Balaban J connectivity index is 1.77. The molecule has 6 nitrogen and oxygen atoms in total. The van der Waals surface area contributed by atoms with E-state index in [9.17, 15) is 18.0 Å². The summed E-state index contributed by atoms with van der Waals surface area (Å²) < 4.78 is 40.3. The Hall–Kier alpha value is -2.07. The molecule has 2 aromatic rings. The fourth-order valence-corrected chi connectivity index (χ4v) is 3.74. The van der Waals surface area contributed by atoms with Crippen LogP contribution in [-0.2, 0) is 0 Å². The number of carbonyl (C=O) groups is 1. The molecular formula is C17H20F3N5OS. The summed E-state index contributed by atoms with van der Waals surface area (Å²) >= 11 is 0.854. The van der Waals surface area contributed by atoms with Crippen molar-refractivity contribution in [2.45, 2.75) is 37.1 Å². The zero-order valence-electron chi connectivity index (χ0n) is 14.7. The molecule has 3 rings (SSSR count).